The van der Waals surface area contributed by atoms with Gasteiger partial charge in [0.25, 0.3) is 0 Å². The van der Waals surface area contributed by atoms with Crippen molar-refractivity contribution in [2.45, 2.75) is 6.42 Å². The number of nitrogens with zero attached hydrogens (tertiary/aromatic N) is 2. The summed E-state index contributed by atoms with van der Waals surface area (Å²) < 4.78 is 6.91. The maximum Gasteiger partial charge on any atom is 0.309 e. The van der Waals surface area contributed by atoms with Crippen molar-refractivity contribution in [2.24, 2.45) is 0 Å². The molecule has 0 radical (unpaired) electrons. The van der Waals surface area contributed by atoms with E-state index in [1.54, 1.807) is 29.2 Å². The van der Waals surface area contributed by atoms with Gasteiger partial charge in [-0.3, -0.25) is 9.20 Å². The van der Waals surface area contributed by atoms with Gasteiger partial charge in [0, 0.05) is 22.8 Å². The van der Waals surface area contributed by atoms with Crippen molar-refractivity contribution in [2.75, 3.05) is 7.11 Å². The van der Waals surface area contributed by atoms with Crippen LogP contribution in [0.5, 0.6) is 5.75 Å². The van der Waals surface area contributed by atoms with Gasteiger partial charge in [-0.15, -0.1) is 11.3 Å². The number of carboxylic acid groups (broad SMARTS) is 1. The predicted octanol–water partition coefficient (Wildman–Crippen LogP) is 3.35. The first-order valence-electron chi connectivity index (χ1n) is 6.09. The van der Waals surface area contributed by atoms with Crippen LogP contribution < -0.4 is 4.74 Å². The quantitative estimate of drug-likeness (QED) is 0.800. The number of methoxy groups -OCH3 is 1. The summed E-state index contributed by atoms with van der Waals surface area (Å²) in [6.45, 7) is 0. The van der Waals surface area contributed by atoms with E-state index in [2.05, 4.69) is 4.98 Å². The second-order valence-corrected chi connectivity index (χ2v) is 5.67. The molecule has 2 aromatic heterocycles. The van der Waals surface area contributed by atoms with E-state index in [0.717, 1.165) is 10.5 Å². The molecule has 5 nitrogen and oxygen atoms in total. The van der Waals surface area contributed by atoms with Crippen LogP contribution in [0.25, 0.3) is 16.2 Å². The van der Waals surface area contributed by atoms with Gasteiger partial charge in [0.1, 0.15) is 5.75 Å². The van der Waals surface area contributed by atoms with Gasteiger partial charge in [-0.25, -0.2) is 4.98 Å². The van der Waals surface area contributed by atoms with E-state index in [1.165, 1.54) is 11.3 Å². The molecule has 0 atom stereocenters. The molecule has 1 aromatic carbocycles. The Morgan fingerprint density at radius 3 is 3.00 bits per heavy atom. The highest BCUT2D eigenvalue weighted by molar-refractivity contribution is 7.15. The number of benzene rings is 1. The van der Waals surface area contributed by atoms with Crippen LogP contribution >= 0.6 is 22.9 Å². The molecular formula is C14H11ClN2O3S. The van der Waals surface area contributed by atoms with E-state index >= 15 is 0 Å². The van der Waals surface area contributed by atoms with Gasteiger partial charge in [-0.1, -0.05) is 11.6 Å². The number of thiazole rings is 1. The average molecular weight is 323 g/mol. The summed E-state index contributed by atoms with van der Waals surface area (Å²) in [6, 6.07) is 5.37. The van der Waals surface area contributed by atoms with Crippen molar-refractivity contribution in [3.8, 4) is 17.0 Å². The van der Waals surface area contributed by atoms with E-state index < -0.39 is 5.97 Å². The zero-order valence-corrected chi connectivity index (χ0v) is 12.6. The Morgan fingerprint density at radius 1 is 1.52 bits per heavy atom. The van der Waals surface area contributed by atoms with Crippen LogP contribution in [0.2, 0.25) is 5.02 Å². The first kappa shape index (κ1) is 13.9. The summed E-state index contributed by atoms with van der Waals surface area (Å²) in [4.78, 5) is 16.1. The number of hydrogen-bond donors (Lipinski definition) is 1. The van der Waals surface area contributed by atoms with Crippen LogP contribution in [-0.4, -0.2) is 27.6 Å². The molecule has 21 heavy (non-hydrogen) atoms. The molecule has 108 valence electrons. The molecule has 0 saturated heterocycles. The lowest BCUT2D eigenvalue weighted by molar-refractivity contribution is -0.136. The molecule has 0 spiro atoms. The van der Waals surface area contributed by atoms with E-state index in [9.17, 15) is 4.79 Å². The zero-order valence-electron chi connectivity index (χ0n) is 11.0. The molecule has 2 heterocycles. The fourth-order valence-electron chi connectivity index (χ4n) is 2.07. The van der Waals surface area contributed by atoms with Crippen molar-refractivity contribution < 1.29 is 14.6 Å². The molecule has 3 aromatic rings. The van der Waals surface area contributed by atoms with Crippen LogP contribution in [0.3, 0.4) is 0 Å². The summed E-state index contributed by atoms with van der Waals surface area (Å²) in [5.74, 6) is -0.191. The number of halogens is 1. The molecule has 7 heteroatoms. The first-order chi connectivity index (χ1) is 10.1. The molecular weight excluding hydrogens is 312 g/mol. The Hall–Kier alpha value is -2.05. The van der Waals surface area contributed by atoms with Crippen molar-refractivity contribution in [3.05, 3.63) is 40.5 Å². The Balaban J connectivity index is 2.05. The maximum atomic E-state index is 10.8. The van der Waals surface area contributed by atoms with E-state index in [-0.39, 0.29) is 6.42 Å². The maximum absolute atomic E-state index is 10.8. The Kier molecular flexibility index (Phi) is 3.57. The van der Waals surface area contributed by atoms with Gasteiger partial charge in [-0.05, 0) is 18.2 Å². The predicted molar refractivity (Wildman–Crippen MR) is 81.4 cm³/mol. The summed E-state index contributed by atoms with van der Waals surface area (Å²) >= 11 is 7.65. The lowest BCUT2D eigenvalue weighted by Gasteiger charge is -2.03. The minimum absolute atomic E-state index is 0.0356. The normalized spacial score (nSPS) is 11.0. The number of hydrogen-bond acceptors (Lipinski definition) is 4. The van der Waals surface area contributed by atoms with Crippen molar-refractivity contribution in [3.63, 3.8) is 0 Å². The third-order valence-electron chi connectivity index (χ3n) is 3.07. The molecule has 0 amide bonds. The minimum Gasteiger partial charge on any atom is -0.497 e. The number of carboxylic acids is 1. The largest absolute Gasteiger partial charge is 0.497 e. The summed E-state index contributed by atoms with van der Waals surface area (Å²) in [5, 5.41) is 11.2. The number of imidazole rings is 1. The third-order valence-corrected chi connectivity index (χ3v) is 4.27. The zero-order chi connectivity index (χ0) is 15.0. The van der Waals surface area contributed by atoms with Crippen molar-refractivity contribution in [1.29, 1.82) is 0 Å². The first-order valence-corrected chi connectivity index (χ1v) is 7.35. The fraction of sp³-hybridized carbons (Fsp3) is 0.143. The van der Waals surface area contributed by atoms with E-state index in [4.69, 9.17) is 21.4 Å². The molecule has 0 aliphatic heterocycles. The molecule has 0 fully saturated rings. The smallest absolute Gasteiger partial charge is 0.309 e. The number of aliphatic carboxylic acids is 1. The molecule has 0 unspecified atom stereocenters. The molecule has 3 rings (SSSR count). The molecule has 0 aliphatic carbocycles. The van der Waals surface area contributed by atoms with E-state index in [0.29, 0.717) is 22.2 Å². The lowest BCUT2D eigenvalue weighted by Crippen LogP contribution is -2.02. The number of rotatable bonds is 4. The van der Waals surface area contributed by atoms with Crippen LogP contribution in [0.1, 0.15) is 5.69 Å². The SMILES string of the molecule is COc1ccc(-c2cn3c(CC(=O)O)csc3n2)c(Cl)c1. The van der Waals surface area contributed by atoms with E-state index in [1.807, 2.05) is 12.1 Å². The highest BCUT2D eigenvalue weighted by atomic mass is 35.5. The van der Waals surface area contributed by atoms with Gasteiger partial charge in [0.15, 0.2) is 4.96 Å². The molecule has 1 N–H and O–H groups in total. The fourth-order valence-corrected chi connectivity index (χ4v) is 3.21. The average Bonchev–Trinajstić information content (AvgIpc) is 3.00. The van der Waals surface area contributed by atoms with Gasteiger partial charge in [0.2, 0.25) is 0 Å². The van der Waals surface area contributed by atoms with Gasteiger partial charge >= 0.3 is 5.97 Å². The Morgan fingerprint density at radius 2 is 2.33 bits per heavy atom. The van der Waals surface area contributed by atoms with Crippen LogP contribution in [0.4, 0.5) is 0 Å². The van der Waals surface area contributed by atoms with Gasteiger partial charge < -0.3 is 9.84 Å². The van der Waals surface area contributed by atoms with Gasteiger partial charge in [-0.2, -0.15) is 0 Å². The highest BCUT2D eigenvalue weighted by Crippen LogP contribution is 2.32. The minimum atomic E-state index is -0.868. The summed E-state index contributed by atoms with van der Waals surface area (Å²) in [7, 11) is 1.58. The summed E-state index contributed by atoms with van der Waals surface area (Å²) in [5.41, 5.74) is 2.20. The van der Waals surface area contributed by atoms with Gasteiger partial charge in [0.05, 0.1) is 24.2 Å². The van der Waals surface area contributed by atoms with Crippen LogP contribution in [-0.2, 0) is 11.2 Å². The topological polar surface area (TPSA) is 63.8 Å². The second kappa shape index (κ2) is 5.38. The van der Waals surface area contributed by atoms with Crippen molar-refractivity contribution >= 4 is 33.9 Å². The highest BCUT2D eigenvalue weighted by Gasteiger charge is 2.14. The number of ether oxygens (including phenoxy) is 1. The van der Waals surface area contributed by atoms with Crippen LogP contribution in [0.15, 0.2) is 29.8 Å². The number of aromatic nitrogens is 2. The summed E-state index contributed by atoms with van der Waals surface area (Å²) in [6.07, 6.45) is 1.77. The standard InChI is InChI=1S/C14H11ClN2O3S/c1-20-9-2-3-10(11(15)5-9)12-6-17-8(4-13(18)19)7-21-14(17)16-12/h2-3,5-7H,4H2,1H3,(H,18,19). The number of carbonyl (C=O) groups is 1. The molecule has 0 aliphatic rings. The third kappa shape index (κ3) is 2.59. The van der Waals surface area contributed by atoms with Crippen molar-refractivity contribution in [1.82, 2.24) is 9.38 Å². The Labute approximate surface area is 129 Å². The number of fused-ring (bicyclic) bond motifs is 1. The lowest BCUT2D eigenvalue weighted by atomic mass is 10.1. The molecule has 0 saturated carbocycles. The Bertz CT molecular complexity index is 825. The second-order valence-electron chi connectivity index (χ2n) is 4.42. The monoisotopic (exact) mass is 322 g/mol. The molecule has 0 bridgehead atoms. The van der Waals surface area contributed by atoms with Crippen LogP contribution in [0, 0.1) is 0 Å².